The van der Waals surface area contributed by atoms with Crippen LogP contribution in [0.4, 0.5) is 11.4 Å². The Morgan fingerprint density at radius 2 is 2.10 bits per heavy atom. The summed E-state index contributed by atoms with van der Waals surface area (Å²) in [6.07, 6.45) is 2.52. The van der Waals surface area contributed by atoms with Crippen molar-refractivity contribution in [3.8, 4) is 17.7 Å². The van der Waals surface area contributed by atoms with Crippen molar-refractivity contribution in [3.63, 3.8) is 0 Å². The van der Waals surface area contributed by atoms with E-state index < -0.39 is 5.97 Å². The van der Waals surface area contributed by atoms with Crippen LogP contribution >= 0.6 is 0 Å². The van der Waals surface area contributed by atoms with Gasteiger partial charge in [-0.2, -0.15) is 5.26 Å². The second kappa shape index (κ2) is 7.38. The Balaban J connectivity index is 2.01. The third kappa shape index (κ3) is 3.05. The molecular weight excluding hydrogens is 382 g/mol. The Morgan fingerprint density at radius 1 is 1.33 bits per heavy atom. The predicted octanol–water partition coefficient (Wildman–Crippen LogP) is 4.04. The largest absolute Gasteiger partial charge is 0.491 e. The van der Waals surface area contributed by atoms with E-state index in [2.05, 4.69) is 11.1 Å². The molecule has 0 saturated heterocycles. The number of rotatable bonds is 4. The number of carboxylic acids is 1. The summed E-state index contributed by atoms with van der Waals surface area (Å²) in [4.78, 5) is 18.4. The highest BCUT2D eigenvalue weighted by Gasteiger charge is 2.34. The molecule has 0 radical (unpaired) electrons. The number of pyridine rings is 1. The molecule has 2 aliphatic heterocycles. The molecule has 1 N–H and O–H groups in total. The number of carbonyl (C=O) groups is 1. The van der Waals surface area contributed by atoms with Crippen LogP contribution in [0.1, 0.15) is 43.0 Å². The maximum absolute atomic E-state index is 12.1. The number of hydrogen-bond donors (Lipinski definition) is 1. The number of aliphatic carboxylic acids is 1. The summed E-state index contributed by atoms with van der Waals surface area (Å²) in [7, 11) is 0. The van der Waals surface area contributed by atoms with Gasteiger partial charge in [-0.15, -0.1) is 0 Å². The lowest BCUT2D eigenvalue weighted by Crippen LogP contribution is -2.28. The van der Waals surface area contributed by atoms with Crippen molar-refractivity contribution in [2.45, 2.75) is 46.6 Å². The molecule has 2 aliphatic rings. The van der Waals surface area contributed by atoms with Crippen molar-refractivity contribution < 1.29 is 19.4 Å². The zero-order chi connectivity index (χ0) is 21.6. The molecule has 1 aromatic carbocycles. The van der Waals surface area contributed by atoms with Gasteiger partial charge in [0, 0.05) is 35.9 Å². The van der Waals surface area contributed by atoms with Crippen LogP contribution in [0.5, 0.6) is 11.6 Å². The highest BCUT2D eigenvalue weighted by molar-refractivity contribution is 5.94. The molecule has 0 bridgehead atoms. The minimum Gasteiger partial charge on any atom is -0.491 e. The van der Waals surface area contributed by atoms with Crippen LogP contribution in [-0.2, 0) is 17.6 Å². The Kier molecular flexibility index (Phi) is 4.86. The molecule has 0 unspecified atom stereocenters. The van der Waals surface area contributed by atoms with Crippen LogP contribution in [0.2, 0.25) is 0 Å². The van der Waals surface area contributed by atoms with E-state index in [-0.39, 0.29) is 18.1 Å². The van der Waals surface area contributed by atoms with E-state index in [1.165, 1.54) is 0 Å². The molecule has 2 aromatic rings. The number of carboxylic acid groups (broad SMARTS) is 1. The van der Waals surface area contributed by atoms with Gasteiger partial charge >= 0.3 is 5.97 Å². The van der Waals surface area contributed by atoms with Gasteiger partial charge < -0.3 is 19.5 Å². The minimum atomic E-state index is -0.980. The molecule has 0 spiro atoms. The SMILES string of the molecule is CC1=C(C(=O)O)Cc2c(OC(C)C)ncc(C)c2N1c1ccc(C#N)c2c1OCC2. The number of aromatic nitrogens is 1. The van der Waals surface area contributed by atoms with Gasteiger partial charge in [-0.05, 0) is 45.4 Å². The molecule has 0 amide bonds. The number of fused-ring (bicyclic) bond motifs is 2. The maximum Gasteiger partial charge on any atom is 0.333 e. The van der Waals surface area contributed by atoms with E-state index in [9.17, 15) is 15.2 Å². The first-order chi connectivity index (χ1) is 14.3. The number of ether oxygens (including phenoxy) is 2. The predicted molar refractivity (Wildman–Crippen MR) is 111 cm³/mol. The van der Waals surface area contributed by atoms with Crippen LogP contribution in [0.15, 0.2) is 29.6 Å². The first-order valence-electron chi connectivity index (χ1n) is 9.90. The third-order valence-electron chi connectivity index (χ3n) is 5.45. The Hall–Kier alpha value is -3.53. The average molecular weight is 405 g/mol. The van der Waals surface area contributed by atoms with E-state index in [1.807, 2.05) is 31.7 Å². The molecule has 0 atom stereocenters. The van der Waals surface area contributed by atoms with E-state index in [0.29, 0.717) is 35.9 Å². The molecular formula is C23H23N3O4. The summed E-state index contributed by atoms with van der Waals surface area (Å²) in [5.74, 6) is 0.0907. The normalized spacial score (nSPS) is 14.9. The van der Waals surface area contributed by atoms with Crippen molar-refractivity contribution in [2.75, 3.05) is 11.5 Å². The van der Waals surface area contributed by atoms with Crippen molar-refractivity contribution in [2.24, 2.45) is 0 Å². The van der Waals surface area contributed by atoms with E-state index in [4.69, 9.17) is 9.47 Å². The fourth-order valence-electron chi connectivity index (χ4n) is 4.13. The lowest BCUT2D eigenvalue weighted by atomic mass is 9.93. The highest BCUT2D eigenvalue weighted by atomic mass is 16.5. The fourth-order valence-corrected chi connectivity index (χ4v) is 4.13. The first-order valence-corrected chi connectivity index (χ1v) is 9.90. The van der Waals surface area contributed by atoms with Crippen LogP contribution in [0.25, 0.3) is 0 Å². The fraction of sp³-hybridized carbons (Fsp3) is 0.348. The van der Waals surface area contributed by atoms with Gasteiger partial charge in [-0.1, -0.05) is 0 Å². The van der Waals surface area contributed by atoms with E-state index in [1.54, 1.807) is 19.2 Å². The van der Waals surface area contributed by atoms with Crippen LogP contribution in [0.3, 0.4) is 0 Å². The van der Waals surface area contributed by atoms with Gasteiger partial charge in [-0.25, -0.2) is 9.78 Å². The Morgan fingerprint density at radius 3 is 2.77 bits per heavy atom. The molecule has 1 aromatic heterocycles. The van der Waals surface area contributed by atoms with Gasteiger partial charge in [0.2, 0.25) is 5.88 Å². The van der Waals surface area contributed by atoms with Gasteiger partial charge in [-0.3, -0.25) is 0 Å². The second-order valence-corrected chi connectivity index (χ2v) is 7.77. The molecule has 0 aliphatic carbocycles. The van der Waals surface area contributed by atoms with Crippen molar-refractivity contribution in [1.82, 2.24) is 4.98 Å². The topological polar surface area (TPSA) is 95.7 Å². The quantitative estimate of drug-likeness (QED) is 0.820. The summed E-state index contributed by atoms with van der Waals surface area (Å²) < 4.78 is 11.8. The molecule has 0 fully saturated rings. The molecule has 154 valence electrons. The summed E-state index contributed by atoms with van der Waals surface area (Å²) in [6.45, 7) is 8.06. The molecule has 0 saturated carbocycles. The zero-order valence-electron chi connectivity index (χ0n) is 17.4. The van der Waals surface area contributed by atoms with Gasteiger partial charge in [0.25, 0.3) is 0 Å². The number of hydrogen-bond acceptors (Lipinski definition) is 6. The maximum atomic E-state index is 12.1. The molecule has 4 rings (SSSR count). The summed E-state index contributed by atoms with van der Waals surface area (Å²) in [5, 5.41) is 19.4. The number of nitrogens with zero attached hydrogens (tertiary/aromatic N) is 3. The monoisotopic (exact) mass is 405 g/mol. The second-order valence-electron chi connectivity index (χ2n) is 7.77. The molecule has 3 heterocycles. The number of benzene rings is 1. The third-order valence-corrected chi connectivity index (χ3v) is 5.45. The zero-order valence-corrected chi connectivity index (χ0v) is 17.4. The first kappa shape index (κ1) is 19.8. The Labute approximate surface area is 175 Å². The summed E-state index contributed by atoms with van der Waals surface area (Å²) in [6, 6.07) is 5.82. The summed E-state index contributed by atoms with van der Waals surface area (Å²) >= 11 is 0. The Bertz CT molecular complexity index is 1130. The van der Waals surface area contributed by atoms with Crippen molar-refractivity contribution in [1.29, 1.82) is 5.26 Å². The minimum absolute atomic E-state index is 0.0967. The van der Waals surface area contributed by atoms with Gasteiger partial charge in [0.05, 0.1) is 41.3 Å². The van der Waals surface area contributed by atoms with Crippen molar-refractivity contribution >= 4 is 17.3 Å². The number of aryl methyl sites for hydroxylation is 1. The van der Waals surface area contributed by atoms with E-state index >= 15 is 0 Å². The number of anilines is 2. The lowest BCUT2D eigenvalue weighted by Gasteiger charge is -2.35. The molecule has 30 heavy (non-hydrogen) atoms. The van der Waals surface area contributed by atoms with Gasteiger partial charge in [0.1, 0.15) is 5.75 Å². The summed E-state index contributed by atoms with van der Waals surface area (Å²) in [5.41, 5.74) is 5.55. The lowest BCUT2D eigenvalue weighted by molar-refractivity contribution is -0.132. The van der Waals surface area contributed by atoms with Crippen LogP contribution < -0.4 is 14.4 Å². The number of nitriles is 1. The molecule has 7 heteroatoms. The molecule has 7 nitrogen and oxygen atoms in total. The smallest absolute Gasteiger partial charge is 0.333 e. The number of allylic oxidation sites excluding steroid dienone is 1. The highest BCUT2D eigenvalue weighted by Crippen LogP contribution is 2.49. The van der Waals surface area contributed by atoms with Gasteiger partial charge in [0.15, 0.2) is 0 Å². The average Bonchev–Trinajstić information content (AvgIpc) is 3.19. The van der Waals surface area contributed by atoms with E-state index in [0.717, 1.165) is 28.1 Å². The van der Waals surface area contributed by atoms with Crippen LogP contribution in [-0.4, -0.2) is 28.8 Å². The van der Waals surface area contributed by atoms with Crippen LogP contribution in [0, 0.1) is 18.3 Å². The standard InChI is InChI=1S/C23H23N3O4/c1-12(2)30-22-18-9-17(23(27)28)14(4)26(20(18)13(3)11-25-22)19-6-5-15(10-24)16-7-8-29-21(16)19/h5-6,11-12H,7-9H2,1-4H3,(H,27,28). The van der Waals surface area contributed by atoms with Crippen molar-refractivity contribution in [3.05, 3.63) is 51.9 Å².